The molecule has 98 valence electrons. The third kappa shape index (κ3) is 3.78. The van der Waals surface area contributed by atoms with Crippen LogP contribution in [0.2, 0.25) is 0 Å². The van der Waals surface area contributed by atoms with E-state index in [0.717, 1.165) is 5.56 Å². The standard InChI is InChI=1S/C14H13O4P/c15-10-14(17-12-6-2-1-3-7-12)11-5-4-8-13(9-11)18-19-16/h1-9,14-15H,10H2. The molecule has 0 saturated heterocycles. The zero-order valence-corrected chi connectivity index (χ0v) is 11.0. The molecule has 0 spiro atoms. The molecule has 0 amide bonds. The summed E-state index contributed by atoms with van der Waals surface area (Å²) in [5, 5.41) is 9.43. The molecule has 4 nitrogen and oxygen atoms in total. The van der Waals surface area contributed by atoms with E-state index in [-0.39, 0.29) is 6.61 Å². The lowest BCUT2D eigenvalue weighted by molar-refractivity contribution is 0.116. The molecule has 0 bridgehead atoms. The van der Waals surface area contributed by atoms with Gasteiger partial charge in [-0.1, -0.05) is 30.3 Å². The van der Waals surface area contributed by atoms with Gasteiger partial charge in [-0.05, 0) is 29.8 Å². The summed E-state index contributed by atoms with van der Waals surface area (Å²) >= 11 is 0. The Hall–Kier alpha value is -1.90. The number of benzene rings is 2. The predicted molar refractivity (Wildman–Crippen MR) is 71.6 cm³/mol. The number of aliphatic hydroxyl groups is 1. The maximum atomic E-state index is 10.4. The average Bonchev–Trinajstić information content (AvgIpc) is 2.46. The largest absolute Gasteiger partial charge is 0.483 e. The van der Waals surface area contributed by atoms with Gasteiger partial charge in [-0.3, -0.25) is 0 Å². The van der Waals surface area contributed by atoms with Crippen LogP contribution in [0.1, 0.15) is 11.7 Å². The summed E-state index contributed by atoms with van der Waals surface area (Å²) in [7, 11) is -0.410. The van der Waals surface area contributed by atoms with E-state index in [4.69, 9.17) is 9.26 Å². The average molecular weight is 276 g/mol. The molecule has 1 N–H and O–H groups in total. The molecule has 2 aromatic rings. The second kappa shape index (κ2) is 6.88. The van der Waals surface area contributed by atoms with Crippen LogP contribution in [-0.2, 0) is 4.57 Å². The van der Waals surface area contributed by atoms with Gasteiger partial charge in [0.1, 0.15) is 17.6 Å². The number of hydrogen-bond donors (Lipinski definition) is 1. The fourth-order valence-electron chi connectivity index (χ4n) is 1.69. The Bertz CT molecular complexity index is 530. The second-order valence-electron chi connectivity index (χ2n) is 3.84. The zero-order valence-electron chi connectivity index (χ0n) is 10.1. The molecule has 0 fully saturated rings. The van der Waals surface area contributed by atoms with Crippen molar-refractivity contribution in [3.05, 3.63) is 60.2 Å². The quantitative estimate of drug-likeness (QED) is 0.822. The first-order valence-corrected chi connectivity index (χ1v) is 6.48. The highest BCUT2D eigenvalue weighted by atomic mass is 31.1. The minimum atomic E-state index is -0.491. The monoisotopic (exact) mass is 276 g/mol. The molecule has 0 saturated carbocycles. The molecule has 0 aromatic heterocycles. The molecule has 2 aromatic carbocycles. The van der Waals surface area contributed by atoms with Crippen LogP contribution in [0.25, 0.3) is 0 Å². The van der Waals surface area contributed by atoms with Crippen molar-refractivity contribution in [2.24, 2.45) is 0 Å². The lowest BCUT2D eigenvalue weighted by Crippen LogP contribution is -2.11. The first-order chi connectivity index (χ1) is 9.33. The van der Waals surface area contributed by atoms with Gasteiger partial charge in [-0.15, -0.1) is 0 Å². The van der Waals surface area contributed by atoms with Crippen LogP contribution < -0.4 is 9.26 Å². The number of para-hydroxylation sites is 1. The number of ether oxygens (including phenoxy) is 1. The van der Waals surface area contributed by atoms with Gasteiger partial charge in [-0.2, -0.15) is 0 Å². The summed E-state index contributed by atoms with van der Waals surface area (Å²) in [6.07, 6.45) is -0.491. The fraction of sp³-hybridized carbons (Fsp3) is 0.143. The van der Waals surface area contributed by atoms with Crippen molar-refractivity contribution in [2.75, 3.05) is 6.61 Å². The third-order valence-corrected chi connectivity index (χ3v) is 2.85. The van der Waals surface area contributed by atoms with E-state index >= 15 is 0 Å². The predicted octanol–water partition coefficient (Wildman–Crippen LogP) is 3.38. The summed E-state index contributed by atoms with van der Waals surface area (Å²) in [5.74, 6) is 1.14. The van der Waals surface area contributed by atoms with E-state index in [1.54, 1.807) is 18.2 Å². The molecule has 1 unspecified atom stereocenters. The van der Waals surface area contributed by atoms with Crippen LogP contribution in [0.4, 0.5) is 0 Å². The summed E-state index contributed by atoms with van der Waals surface area (Å²) in [6, 6.07) is 16.2. The summed E-state index contributed by atoms with van der Waals surface area (Å²) in [4.78, 5) is 0. The van der Waals surface area contributed by atoms with Crippen LogP contribution in [0, 0.1) is 0 Å². The van der Waals surface area contributed by atoms with Gasteiger partial charge in [0, 0.05) is 0 Å². The van der Waals surface area contributed by atoms with Crippen LogP contribution in [0.5, 0.6) is 11.5 Å². The molecule has 0 heterocycles. The van der Waals surface area contributed by atoms with E-state index in [2.05, 4.69) is 0 Å². The Morgan fingerprint density at radius 3 is 2.47 bits per heavy atom. The molecule has 2 rings (SSSR count). The van der Waals surface area contributed by atoms with E-state index in [9.17, 15) is 9.67 Å². The molecule has 0 aliphatic heterocycles. The highest BCUT2D eigenvalue weighted by molar-refractivity contribution is 7.17. The topological polar surface area (TPSA) is 55.8 Å². The van der Waals surface area contributed by atoms with Crippen molar-refractivity contribution in [1.82, 2.24) is 0 Å². The Morgan fingerprint density at radius 1 is 1.05 bits per heavy atom. The maximum absolute atomic E-state index is 10.4. The Kier molecular flexibility index (Phi) is 4.90. The van der Waals surface area contributed by atoms with Gasteiger partial charge in [0.15, 0.2) is 0 Å². The van der Waals surface area contributed by atoms with Crippen molar-refractivity contribution in [3.63, 3.8) is 0 Å². The fourth-order valence-corrected chi connectivity index (χ4v) is 1.89. The highest BCUT2D eigenvalue weighted by Gasteiger charge is 2.13. The molecule has 1 atom stereocenters. The minimum absolute atomic E-state index is 0.159. The number of aliphatic hydroxyl groups excluding tert-OH is 1. The normalized spacial score (nSPS) is 12.1. The maximum Gasteiger partial charge on any atom is 0.395 e. The molecular formula is C14H13O4P. The molecule has 0 radical (unpaired) electrons. The summed E-state index contributed by atoms with van der Waals surface area (Å²) < 4.78 is 21.0. The van der Waals surface area contributed by atoms with Crippen molar-refractivity contribution < 1.29 is 18.9 Å². The van der Waals surface area contributed by atoms with Crippen LogP contribution in [-0.4, -0.2) is 11.7 Å². The van der Waals surface area contributed by atoms with Crippen molar-refractivity contribution >= 4 is 8.69 Å². The van der Waals surface area contributed by atoms with Gasteiger partial charge in [-0.25, -0.2) is 4.57 Å². The highest BCUT2D eigenvalue weighted by Crippen LogP contribution is 2.25. The Labute approximate surface area is 112 Å². The smallest absolute Gasteiger partial charge is 0.395 e. The Balaban J connectivity index is 2.17. The third-order valence-electron chi connectivity index (χ3n) is 2.56. The minimum Gasteiger partial charge on any atom is -0.483 e. The first kappa shape index (κ1) is 13.5. The number of rotatable bonds is 6. The van der Waals surface area contributed by atoms with E-state index in [1.165, 1.54) is 0 Å². The number of hydrogen-bond acceptors (Lipinski definition) is 4. The van der Waals surface area contributed by atoms with Gasteiger partial charge < -0.3 is 14.4 Å². The SMILES string of the molecule is O=POc1cccc(C(CO)Oc2ccccc2)c1. The van der Waals surface area contributed by atoms with Gasteiger partial charge >= 0.3 is 8.69 Å². The molecule has 5 heteroatoms. The van der Waals surface area contributed by atoms with E-state index < -0.39 is 14.8 Å². The second-order valence-corrected chi connectivity index (χ2v) is 4.17. The molecule has 0 aliphatic carbocycles. The molecular weight excluding hydrogens is 263 g/mol. The van der Waals surface area contributed by atoms with Crippen molar-refractivity contribution in [1.29, 1.82) is 0 Å². The van der Waals surface area contributed by atoms with Crippen LogP contribution in [0.3, 0.4) is 0 Å². The van der Waals surface area contributed by atoms with Crippen LogP contribution >= 0.6 is 8.69 Å². The van der Waals surface area contributed by atoms with Crippen molar-refractivity contribution in [3.8, 4) is 11.5 Å². The first-order valence-electron chi connectivity index (χ1n) is 5.75. The lowest BCUT2D eigenvalue weighted by atomic mass is 10.1. The summed E-state index contributed by atoms with van der Waals surface area (Å²) in [5.41, 5.74) is 0.757. The summed E-state index contributed by atoms with van der Waals surface area (Å²) in [6.45, 7) is -0.159. The Morgan fingerprint density at radius 2 is 1.79 bits per heavy atom. The van der Waals surface area contributed by atoms with Gasteiger partial charge in [0.2, 0.25) is 0 Å². The van der Waals surface area contributed by atoms with Gasteiger partial charge in [0.25, 0.3) is 0 Å². The van der Waals surface area contributed by atoms with E-state index in [0.29, 0.717) is 11.5 Å². The van der Waals surface area contributed by atoms with Crippen LogP contribution in [0.15, 0.2) is 54.6 Å². The molecule has 0 aliphatic rings. The lowest BCUT2D eigenvalue weighted by Gasteiger charge is -2.17. The molecule has 19 heavy (non-hydrogen) atoms. The zero-order chi connectivity index (χ0) is 13.5. The van der Waals surface area contributed by atoms with Crippen molar-refractivity contribution in [2.45, 2.75) is 6.10 Å². The van der Waals surface area contributed by atoms with Gasteiger partial charge in [0.05, 0.1) is 6.61 Å². The van der Waals surface area contributed by atoms with E-state index in [1.807, 2.05) is 36.4 Å².